The fourth-order valence-electron chi connectivity index (χ4n) is 1.03. The molecule has 96 valence electrons. The van der Waals surface area contributed by atoms with Crippen LogP contribution in [0.25, 0.3) is 0 Å². The van der Waals surface area contributed by atoms with Gasteiger partial charge in [0.1, 0.15) is 5.60 Å². The van der Waals surface area contributed by atoms with Crippen molar-refractivity contribution in [3.63, 3.8) is 0 Å². The van der Waals surface area contributed by atoms with E-state index in [1.165, 1.54) is 7.11 Å². The van der Waals surface area contributed by atoms with Crippen LogP contribution in [0.5, 0.6) is 12.0 Å². The predicted molar refractivity (Wildman–Crippen MR) is 65.5 cm³/mol. The molecular weight excluding hydrogens is 220 g/mol. The van der Waals surface area contributed by atoms with Gasteiger partial charge in [0.15, 0.2) is 0 Å². The summed E-state index contributed by atoms with van der Waals surface area (Å²) in [6, 6.07) is 0.525. The van der Waals surface area contributed by atoms with E-state index in [1.54, 1.807) is 0 Å². The van der Waals surface area contributed by atoms with E-state index in [2.05, 4.69) is 20.3 Å². The molecule has 0 bridgehead atoms. The molecule has 1 aromatic heterocycles. The predicted octanol–water partition coefficient (Wildman–Crippen LogP) is 1.88. The number of nitrogens with zero attached hydrogens (tertiary/aromatic N) is 3. The first-order valence-corrected chi connectivity index (χ1v) is 5.73. The highest BCUT2D eigenvalue weighted by molar-refractivity contribution is 5.27. The van der Waals surface area contributed by atoms with Crippen molar-refractivity contribution in [3.05, 3.63) is 0 Å². The number of rotatable bonds is 6. The first-order valence-electron chi connectivity index (χ1n) is 5.73. The standard InChI is InChI=1S/C11H20N4O2/c1-6-11(3,4)17-10-14-8(12-7-2)13-9(15-10)16-5/h6-7H2,1-5H3,(H,12,13,14,15). The Morgan fingerprint density at radius 1 is 1.12 bits per heavy atom. The van der Waals surface area contributed by atoms with Crippen molar-refractivity contribution >= 4 is 5.95 Å². The van der Waals surface area contributed by atoms with Gasteiger partial charge >= 0.3 is 12.0 Å². The molecule has 0 aliphatic heterocycles. The summed E-state index contributed by atoms with van der Waals surface area (Å²) >= 11 is 0. The van der Waals surface area contributed by atoms with E-state index in [4.69, 9.17) is 9.47 Å². The maximum Gasteiger partial charge on any atom is 0.324 e. The highest BCUT2D eigenvalue weighted by Crippen LogP contribution is 2.19. The summed E-state index contributed by atoms with van der Waals surface area (Å²) in [5.74, 6) is 0.459. The van der Waals surface area contributed by atoms with Crippen LogP contribution in [0, 0.1) is 0 Å². The Balaban J connectivity index is 2.94. The average molecular weight is 240 g/mol. The lowest BCUT2D eigenvalue weighted by Crippen LogP contribution is -2.28. The molecule has 1 heterocycles. The van der Waals surface area contributed by atoms with Crippen molar-refractivity contribution in [1.29, 1.82) is 0 Å². The van der Waals surface area contributed by atoms with Crippen LogP contribution >= 0.6 is 0 Å². The highest BCUT2D eigenvalue weighted by atomic mass is 16.5. The summed E-state index contributed by atoms with van der Waals surface area (Å²) in [7, 11) is 1.51. The molecule has 0 spiro atoms. The Labute approximate surface area is 102 Å². The van der Waals surface area contributed by atoms with Gasteiger partial charge in [0.25, 0.3) is 0 Å². The van der Waals surface area contributed by atoms with Crippen molar-refractivity contribution < 1.29 is 9.47 Å². The molecule has 0 saturated heterocycles. The normalized spacial score (nSPS) is 11.1. The third-order valence-electron chi connectivity index (χ3n) is 2.33. The number of hydrogen-bond donors (Lipinski definition) is 1. The van der Waals surface area contributed by atoms with Crippen molar-refractivity contribution in [1.82, 2.24) is 15.0 Å². The molecule has 6 heteroatoms. The molecule has 0 saturated carbocycles. The van der Waals surface area contributed by atoms with Gasteiger partial charge in [-0.05, 0) is 27.2 Å². The number of methoxy groups -OCH3 is 1. The molecule has 0 unspecified atom stereocenters. The van der Waals surface area contributed by atoms with Crippen LogP contribution in [-0.2, 0) is 0 Å². The van der Waals surface area contributed by atoms with E-state index >= 15 is 0 Å². The van der Waals surface area contributed by atoms with Crippen molar-refractivity contribution in [3.8, 4) is 12.0 Å². The Hall–Kier alpha value is -1.59. The number of ether oxygens (including phenoxy) is 2. The second-order valence-corrected chi connectivity index (χ2v) is 4.17. The molecule has 0 fully saturated rings. The fourth-order valence-corrected chi connectivity index (χ4v) is 1.03. The molecule has 1 rings (SSSR count). The van der Waals surface area contributed by atoms with Gasteiger partial charge in [-0.2, -0.15) is 9.97 Å². The smallest absolute Gasteiger partial charge is 0.324 e. The number of nitrogens with one attached hydrogen (secondary N) is 1. The number of hydrogen-bond acceptors (Lipinski definition) is 6. The lowest BCUT2D eigenvalue weighted by molar-refractivity contribution is 0.0911. The highest BCUT2D eigenvalue weighted by Gasteiger charge is 2.19. The summed E-state index contributed by atoms with van der Waals surface area (Å²) in [5, 5.41) is 3.00. The minimum Gasteiger partial charge on any atom is -0.467 e. The van der Waals surface area contributed by atoms with E-state index < -0.39 is 0 Å². The third kappa shape index (κ3) is 4.05. The molecule has 0 amide bonds. The zero-order valence-corrected chi connectivity index (χ0v) is 11.1. The zero-order chi connectivity index (χ0) is 12.9. The summed E-state index contributed by atoms with van der Waals surface area (Å²) in [5.41, 5.74) is -0.310. The summed E-state index contributed by atoms with van der Waals surface area (Å²) < 4.78 is 10.7. The quantitative estimate of drug-likeness (QED) is 0.818. The maximum absolute atomic E-state index is 5.70. The number of anilines is 1. The minimum absolute atomic E-state index is 0.248. The SMILES string of the molecule is CCNc1nc(OC)nc(OC(C)(C)CC)n1. The molecular formula is C11H20N4O2. The third-order valence-corrected chi connectivity index (χ3v) is 2.33. The average Bonchev–Trinajstić information content (AvgIpc) is 2.28. The molecule has 0 aromatic carbocycles. The zero-order valence-electron chi connectivity index (χ0n) is 11.1. The topological polar surface area (TPSA) is 69.2 Å². The maximum atomic E-state index is 5.70. The van der Waals surface area contributed by atoms with Crippen LogP contribution in [0.4, 0.5) is 5.95 Å². The number of aromatic nitrogens is 3. The van der Waals surface area contributed by atoms with Crippen LogP contribution in [-0.4, -0.2) is 34.2 Å². The summed E-state index contributed by atoms with van der Waals surface area (Å²) in [6.45, 7) is 8.70. The van der Waals surface area contributed by atoms with Gasteiger partial charge in [-0.3, -0.25) is 0 Å². The largest absolute Gasteiger partial charge is 0.467 e. The minimum atomic E-state index is -0.310. The molecule has 0 aliphatic rings. The first kappa shape index (κ1) is 13.5. The van der Waals surface area contributed by atoms with Crippen LogP contribution in [0.2, 0.25) is 0 Å². The van der Waals surface area contributed by atoms with Gasteiger partial charge in [0.05, 0.1) is 7.11 Å². The molecule has 17 heavy (non-hydrogen) atoms. The lowest BCUT2D eigenvalue weighted by Gasteiger charge is -2.23. The second-order valence-electron chi connectivity index (χ2n) is 4.17. The van der Waals surface area contributed by atoms with E-state index in [0.29, 0.717) is 5.95 Å². The second kappa shape index (κ2) is 5.65. The van der Waals surface area contributed by atoms with E-state index in [0.717, 1.165) is 13.0 Å². The Morgan fingerprint density at radius 2 is 1.76 bits per heavy atom. The molecule has 0 aliphatic carbocycles. The fraction of sp³-hybridized carbons (Fsp3) is 0.727. The van der Waals surface area contributed by atoms with Gasteiger partial charge in [-0.25, -0.2) is 0 Å². The Morgan fingerprint density at radius 3 is 2.29 bits per heavy atom. The van der Waals surface area contributed by atoms with E-state index in [-0.39, 0.29) is 17.6 Å². The van der Waals surface area contributed by atoms with E-state index in [9.17, 15) is 0 Å². The van der Waals surface area contributed by atoms with Crippen LogP contribution in [0.15, 0.2) is 0 Å². The summed E-state index contributed by atoms with van der Waals surface area (Å²) in [6.07, 6.45) is 0.859. The summed E-state index contributed by atoms with van der Waals surface area (Å²) in [4.78, 5) is 12.3. The monoisotopic (exact) mass is 240 g/mol. The van der Waals surface area contributed by atoms with Crippen LogP contribution < -0.4 is 14.8 Å². The first-order chi connectivity index (χ1) is 8.00. The van der Waals surface area contributed by atoms with Crippen molar-refractivity contribution in [2.24, 2.45) is 0 Å². The molecule has 0 radical (unpaired) electrons. The van der Waals surface area contributed by atoms with Gasteiger partial charge in [0, 0.05) is 6.54 Å². The van der Waals surface area contributed by atoms with Crippen molar-refractivity contribution in [2.45, 2.75) is 39.7 Å². The Bertz CT molecular complexity index is 368. The van der Waals surface area contributed by atoms with Gasteiger partial charge in [-0.15, -0.1) is 4.98 Å². The Kier molecular flexibility index (Phi) is 4.48. The van der Waals surface area contributed by atoms with Gasteiger partial charge < -0.3 is 14.8 Å². The van der Waals surface area contributed by atoms with Gasteiger partial charge in [0.2, 0.25) is 5.95 Å². The van der Waals surface area contributed by atoms with Crippen LogP contribution in [0.1, 0.15) is 34.1 Å². The van der Waals surface area contributed by atoms with E-state index in [1.807, 2.05) is 27.7 Å². The molecule has 1 aromatic rings. The van der Waals surface area contributed by atoms with Crippen molar-refractivity contribution in [2.75, 3.05) is 19.0 Å². The molecule has 0 atom stereocenters. The lowest BCUT2D eigenvalue weighted by atomic mass is 10.1. The van der Waals surface area contributed by atoms with Gasteiger partial charge in [-0.1, -0.05) is 6.92 Å². The molecule has 6 nitrogen and oxygen atoms in total. The molecule has 1 N–H and O–H groups in total. The van der Waals surface area contributed by atoms with Crippen LogP contribution in [0.3, 0.4) is 0 Å².